The van der Waals surface area contributed by atoms with Crippen LogP contribution in [0.15, 0.2) is 58.0 Å². The predicted octanol–water partition coefficient (Wildman–Crippen LogP) is 2.90. The third kappa shape index (κ3) is 3.50. The molecule has 116 valence electrons. The van der Waals surface area contributed by atoms with Gasteiger partial charge >= 0.3 is 0 Å². The second-order valence-electron chi connectivity index (χ2n) is 4.90. The number of carbonyl (C=O) groups excluding carboxylic acids is 1. The lowest BCUT2D eigenvalue weighted by molar-refractivity contribution is 0.102. The monoisotopic (exact) mass is 421 g/mol. The first kappa shape index (κ1) is 15.5. The molecular weight excluding hydrogens is 409 g/mol. The van der Waals surface area contributed by atoms with Crippen molar-refractivity contribution in [1.29, 1.82) is 0 Å². The molecule has 0 bridgehead atoms. The lowest BCUT2D eigenvalue weighted by atomic mass is 10.1. The molecule has 0 aliphatic heterocycles. The molecule has 1 amide bonds. The molecule has 1 N–H and O–H groups in total. The zero-order valence-corrected chi connectivity index (χ0v) is 14.3. The SMILES string of the molecule is Cn1cc(C(=O)Nc2cc(-c3ccc(I)cc3)no2)ccc1=O. The van der Waals surface area contributed by atoms with Gasteiger partial charge in [-0.3, -0.25) is 14.9 Å². The quantitative estimate of drug-likeness (QED) is 0.660. The highest BCUT2D eigenvalue weighted by atomic mass is 127. The number of hydrogen-bond donors (Lipinski definition) is 1. The van der Waals surface area contributed by atoms with Gasteiger partial charge in [0.2, 0.25) is 11.4 Å². The number of benzene rings is 1. The van der Waals surface area contributed by atoms with Gasteiger partial charge in [0.25, 0.3) is 5.91 Å². The van der Waals surface area contributed by atoms with Crippen LogP contribution in [0, 0.1) is 3.57 Å². The standard InChI is InChI=1S/C16H12IN3O3/c1-20-9-11(4-7-15(20)21)16(22)18-14-8-13(19-23-14)10-2-5-12(17)6-3-10/h2-9H,1H3,(H,18,22). The summed E-state index contributed by atoms with van der Waals surface area (Å²) >= 11 is 2.22. The van der Waals surface area contributed by atoms with Crippen LogP contribution < -0.4 is 10.9 Å². The van der Waals surface area contributed by atoms with Gasteiger partial charge in [-0.15, -0.1) is 0 Å². The number of nitrogens with one attached hydrogen (secondary N) is 1. The van der Waals surface area contributed by atoms with Crippen molar-refractivity contribution in [2.75, 3.05) is 5.32 Å². The van der Waals surface area contributed by atoms with Crippen LogP contribution in [0.5, 0.6) is 0 Å². The van der Waals surface area contributed by atoms with Crippen LogP contribution in [-0.2, 0) is 7.05 Å². The average molecular weight is 421 g/mol. The largest absolute Gasteiger partial charge is 0.338 e. The second-order valence-corrected chi connectivity index (χ2v) is 6.15. The Bertz CT molecular complexity index is 913. The van der Waals surface area contributed by atoms with Crippen molar-refractivity contribution in [2.24, 2.45) is 7.05 Å². The molecule has 0 aliphatic rings. The van der Waals surface area contributed by atoms with Crippen LogP contribution in [0.2, 0.25) is 0 Å². The Morgan fingerprint density at radius 3 is 2.65 bits per heavy atom. The number of hydrogen-bond acceptors (Lipinski definition) is 4. The lowest BCUT2D eigenvalue weighted by Gasteiger charge is -2.02. The van der Waals surface area contributed by atoms with Crippen LogP contribution in [0.4, 0.5) is 5.88 Å². The van der Waals surface area contributed by atoms with Crippen molar-refractivity contribution in [3.8, 4) is 11.3 Å². The number of rotatable bonds is 3. The van der Waals surface area contributed by atoms with Crippen LogP contribution in [0.25, 0.3) is 11.3 Å². The van der Waals surface area contributed by atoms with E-state index in [4.69, 9.17) is 4.52 Å². The minimum absolute atomic E-state index is 0.179. The van der Waals surface area contributed by atoms with Crippen molar-refractivity contribution in [2.45, 2.75) is 0 Å². The van der Waals surface area contributed by atoms with E-state index in [0.29, 0.717) is 11.3 Å². The summed E-state index contributed by atoms with van der Waals surface area (Å²) < 4.78 is 7.61. The summed E-state index contributed by atoms with van der Waals surface area (Å²) in [6, 6.07) is 12.2. The molecule has 0 spiro atoms. The van der Waals surface area contributed by atoms with E-state index in [9.17, 15) is 9.59 Å². The summed E-state index contributed by atoms with van der Waals surface area (Å²) in [7, 11) is 1.59. The van der Waals surface area contributed by atoms with Gasteiger partial charge < -0.3 is 9.09 Å². The van der Waals surface area contributed by atoms with E-state index in [1.165, 1.54) is 22.9 Å². The first-order valence-corrected chi connectivity index (χ1v) is 7.81. The summed E-state index contributed by atoms with van der Waals surface area (Å²) in [5.41, 5.74) is 1.72. The molecule has 23 heavy (non-hydrogen) atoms. The molecule has 0 atom stereocenters. The minimum Gasteiger partial charge on any atom is -0.338 e. The lowest BCUT2D eigenvalue weighted by Crippen LogP contribution is -2.19. The van der Waals surface area contributed by atoms with Gasteiger partial charge in [-0.25, -0.2) is 0 Å². The molecule has 6 nitrogen and oxygen atoms in total. The second kappa shape index (κ2) is 6.37. The Labute approximate surface area is 145 Å². The molecule has 3 aromatic rings. The van der Waals surface area contributed by atoms with Gasteiger partial charge in [-0.2, -0.15) is 0 Å². The summed E-state index contributed by atoms with van der Waals surface area (Å²) in [4.78, 5) is 23.5. The zero-order chi connectivity index (χ0) is 16.4. The number of nitrogens with zero attached hydrogens (tertiary/aromatic N) is 2. The summed E-state index contributed by atoms with van der Waals surface area (Å²) in [5.74, 6) is -0.122. The molecule has 0 unspecified atom stereocenters. The van der Waals surface area contributed by atoms with Crippen molar-refractivity contribution in [3.63, 3.8) is 0 Å². The van der Waals surface area contributed by atoms with Crippen molar-refractivity contribution in [1.82, 2.24) is 9.72 Å². The Balaban J connectivity index is 1.78. The van der Waals surface area contributed by atoms with E-state index >= 15 is 0 Å². The topological polar surface area (TPSA) is 77.1 Å². The van der Waals surface area contributed by atoms with Gasteiger partial charge in [0.1, 0.15) is 5.69 Å². The Morgan fingerprint density at radius 1 is 1.22 bits per heavy atom. The van der Waals surface area contributed by atoms with Gasteiger partial charge in [0.15, 0.2) is 0 Å². The van der Waals surface area contributed by atoms with Gasteiger partial charge in [0.05, 0.1) is 5.56 Å². The smallest absolute Gasteiger partial charge is 0.259 e. The highest BCUT2D eigenvalue weighted by molar-refractivity contribution is 14.1. The fraction of sp³-hybridized carbons (Fsp3) is 0.0625. The number of halogens is 1. The molecule has 7 heteroatoms. The third-order valence-electron chi connectivity index (χ3n) is 3.23. The first-order chi connectivity index (χ1) is 11.0. The number of anilines is 1. The molecule has 0 radical (unpaired) electrons. The van der Waals surface area contributed by atoms with Crippen molar-refractivity contribution in [3.05, 3.63) is 68.1 Å². The van der Waals surface area contributed by atoms with Crippen LogP contribution >= 0.6 is 22.6 Å². The van der Waals surface area contributed by atoms with Gasteiger partial charge in [0, 0.05) is 34.5 Å². The average Bonchev–Trinajstić information content (AvgIpc) is 2.99. The molecule has 2 heterocycles. The Morgan fingerprint density at radius 2 is 1.96 bits per heavy atom. The van der Waals surface area contributed by atoms with Crippen LogP contribution in [-0.4, -0.2) is 15.6 Å². The summed E-state index contributed by atoms with van der Waals surface area (Å²) in [6.07, 6.45) is 1.47. The molecular formula is C16H12IN3O3. The number of amides is 1. The Hall–Kier alpha value is -2.42. The van der Waals surface area contributed by atoms with Gasteiger partial charge in [-0.05, 0) is 40.8 Å². The normalized spacial score (nSPS) is 10.5. The number of aromatic nitrogens is 2. The summed E-state index contributed by atoms with van der Waals surface area (Å²) in [6.45, 7) is 0. The van der Waals surface area contributed by atoms with E-state index in [1.807, 2.05) is 24.3 Å². The molecule has 0 saturated carbocycles. The maximum absolute atomic E-state index is 12.2. The molecule has 1 aromatic carbocycles. The molecule has 0 aliphatic carbocycles. The van der Waals surface area contributed by atoms with E-state index in [2.05, 4.69) is 33.1 Å². The van der Waals surface area contributed by atoms with Crippen LogP contribution in [0.3, 0.4) is 0 Å². The fourth-order valence-electron chi connectivity index (χ4n) is 2.00. The third-order valence-corrected chi connectivity index (χ3v) is 3.95. The highest BCUT2D eigenvalue weighted by Crippen LogP contribution is 2.22. The predicted molar refractivity (Wildman–Crippen MR) is 94.3 cm³/mol. The minimum atomic E-state index is -0.370. The molecule has 0 fully saturated rings. The molecule has 0 saturated heterocycles. The zero-order valence-electron chi connectivity index (χ0n) is 12.1. The first-order valence-electron chi connectivity index (χ1n) is 6.73. The fourth-order valence-corrected chi connectivity index (χ4v) is 2.36. The van der Waals surface area contributed by atoms with E-state index in [0.717, 1.165) is 9.13 Å². The van der Waals surface area contributed by atoms with E-state index in [1.54, 1.807) is 13.1 Å². The Kier molecular flexibility index (Phi) is 4.28. The maximum Gasteiger partial charge on any atom is 0.259 e. The van der Waals surface area contributed by atoms with E-state index in [-0.39, 0.29) is 17.4 Å². The maximum atomic E-state index is 12.2. The molecule has 2 aromatic heterocycles. The number of aryl methyl sites for hydroxylation is 1. The van der Waals surface area contributed by atoms with Crippen molar-refractivity contribution < 1.29 is 9.32 Å². The van der Waals surface area contributed by atoms with Gasteiger partial charge in [-0.1, -0.05) is 17.3 Å². The van der Waals surface area contributed by atoms with E-state index < -0.39 is 0 Å². The van der Waals surface area contributed by atoms with Crippen molar-refractivity contribution >= 4 is 34.4 Å². The summed E-state index contributed by atoms with van der Waals surface area (Å²) in [5, 5.41) is 6.57. The number of pyridine rings is 1. The highest BCUT2D eigenvalue weighted by Gasteiger charge is 2.12. The van der Waals surface area contributed by atoms with Crippen LogP contribution in [0.1, 0.15) is 10.4 Å². The number of carbonyl (C=O) groups is 1. The molecule has 3 rings (SSSR count).